The number of cyclic esters (lactones) is 1. The van der Waals surface area contributed by atoms with Gasteiger partial charge in [-0.15, -0.1) is 0 Å². The number of fused-ring (bicyclic) bond motifs is 1. The number of benzene rings is 4. The van der Waals surface area contributed by atoms with Crippen LogP contribution in [0.2, 0.25) is 0 Å². The minimum Gasteiger partial charge on any atom is -0.488 e. The average molecular weight is 664 g/mol. The molecule has 4 aromatic rings. The van der Waals surface area contributed by atoms with E-state index in [0.717, 1.165) is 98.5 Å². The third-order valence-corrected chi connectivity index (χ3v) is 9.11. The summed E-state index contributed by atoms with van der Waals surface area (Å²) in [6, 6.07) is 33.3. The predicted molar refractivity (Wildman–Crippen MR) is 192 cm³/mol. The van der Waals surface area contributed by atoms with E-state index >= 15 is 0 Å². The molecule has 1 fully saturated rings. The van der Waals surface area contributed by atoms with E-state index in [4.69, 9.17) is 23.7 Å². The lowest BCUT2D eigenvalue weighted by Gasteiger charge is -2.32. The zero-order chi connectivity index (χ0) is 33.9. The molecule has 49 heavy (non-hydrogen) atoms. The average Bonchev–Trinajstić information content (AvgIpc) is 3.49. The molecule has 0 saturated carbocycles. The van der Waals surface area contributed by atoms with Gasteiger partial charge < -0.3 is 28.6 Å². The molecule has 6 rings (SSSR count). The van der Waals surface area contributed by atoms with Gasteiger partial charge in [0, 0.05) is 44.7 Å². The van der Waals surface area contributed by atoms with Gasteiger partial charge in [-0.1, -0.05) is 91.7 Å². The zero-order valence-corrected chi connectivity index (χ0v) is 28.9. The lowest BCUT2D eigenvalue weighted by molar-refractivity contribution is -0.180. The SMILES string of the molecule is CC1(C)OCc2cc([C@@H]3CN(CCCCCCOCCCCc4cccc(-c5ccccc5OCc5ccccc5)c4)C(=O)O3)ccc2O1. The standard InChI is InChI=1S/C42H49NO6/c1-42(2)47-31-36-28-35(22-23-38(36)49-42)40-29-43(41(44)48-40)24-11-3-4-12-25-45-26-13-10-15-32-18-14-19-34(27-32)37-20-8-9-21-39(37)46-30-33-16-6-5-7-17-33/h5-9,14,16-23,27-28,40H,3-4,10-13,15,24-26,29-31H2,1-2H3/t40-/m0/s1. The van der Waals surface area contributed by atoms with E-state index in [1.54, 1.807) is 0 Å². The van der Waals surface area contributed by atoms with E-state index < -0.39 is 5.79 Å². The molecule has 0 spiro atoms. The van der Waals surface area contributed by atoms with Crippen LogP contribution in [-0.4, -0.2) is 43.1 Å². The van der Waals surface area contributed by atoms with Gasteiger partial charge in [-0.05, 0) is 72.6 Å². The quantitative estimate of drug-likeness (QED) is 0.105. The van der Waals surface area contributed by atoms with Crippen LogP contribution in [0.1, 0.15) is 80.7 Å². The first-order valence-corrected chi connectivity index (χ1v) is 17.8. The van der Waals surface area contributed by atoms with Gasteiger partial charge in [0.15, 0.2) is 0 Å². The molecule has 1 atom stereocenters. The first-order valence-electron chi connectivity index (χ1n) is 17.8. The number of nitrogens with zero attached hydrogens (tertiary/aromatic N) is 1. The van der Waals surface area contributed by atoms with E-state index in [9.17, 15) is 4.79 Å². The molecule has 258 valence electrons. The highest BCUT2D eigenvalue weighted by Crippen LogP contribution is 2.35. The highest BCUT2D eigenvalue weighted by atomic mass is 16.7. The molecule has 1 amide bonds. The number of hydrogen-bond acceptors (Lipinski definition) is 6. The van der Waals surface area contributed by atoms with Gasteiger partial charge >= 0.3 is 6.09 Å². The molecule has 4 aromatic carbocycles. The molecule has 2 heterocycles. The maximum Gasteiger partial charge on any atom is 0.410 e. The van der Waals surface area contributed by atoms with Crippen molar-refractivity contribution in [3.8, 4) is 22.6 Å². The van der Waals surface area contributed by atoms with Crippen molar-refractivity contribution in [2.75, 3.05) is 26.3 Å². The van der Waals surface area contributed by atoms with Crippen molar-refractivity contribution in [3.05, 3.63) is 119 Å². The van der Waals surface area contributed by atoms with Gasteiger partial charge in [-0.3, -0.25) is 0 Å². The fraction of sp³-hybridized carbons (Fsp3) is 0.405. The number of unbranched alkanes of at least 4 members (excludes halogenated alkanes) is 4. The van der Waals surface area contributed by atoms with Gasteiger partial charge in [-0.25, -0.2) is 4.79 Å². The van der Waals surface area contributed by atoms with Crippen molar-refractivity contribution in [2.24, 2.45) is 0 Å². The minimum absolute atomic E-state index is 0.232. The van der Waals surface area contributed by atoms with Crippen molar-refractivity contribution < 1.29 is 28.5 Å². The van der Waals surface area contributed by atoms with Gasteiger partial charge in [0.2, 0.25) is 5.79 Å². The zero-order valence-electron chi connectivity index (χ0n) is 28.9. The van der Waals surface area contributed by atoms with Gasteiger partial charge in [0.05, 0.1) is 13.2 Å². The van der Waals surface area contributed by atoms with Crippen molar-refractivity contribution in [1.82, 2.24) is 4.90 Å². The summed E-state index contributed by atoms with van der Waals surface area (Å²) in [6.07, 6.45) is 6.83. The van der Waals surface area contributed by atoms with Crippen LogP contribution in [0.3, 0.4) is 0 Å². The molecule has 0 aromatic heterocycles. The van der Waals surface area contributed by atoms with Crippen molar-refractivity contribution >= 4 is 6.09 Å². The molecule has 0 N–H and O–H groups in total. The fourth-order valence-electron chi connectivity index (χ4n) is 6.38. The molecule has 2 aliphatic heterocycles. The molecule has 1 saturated heterocycles. The third-order valence-electron chi connectivity index (χ3n) is 9.11. The van der Waals surface area contributed by atoms with E-state index in [2.05, 4.69) is 48.5 Å². The van der Waals surface area contributed by atoms with Gasteiger partial charge in [0.25, 0.3) is 0 Å². The van der Waals surface area contributed by atoms with Crippen LogP contribution in [0, 0.1) is 0 Å². The number of carbonyl (C=O) groups excluding carboxylic acids is 1. The van der Waals surface area contributed by atoms with Crippen molar-refractivity contribution in [2.45, 2.75) is 83.9 Å². The highest BCUT2D eigenvalue weighted by molar-refractivity contribution is 5.71. The maximum atomic E-state index is 12.5. The van der Waals surface area contributed by atoms with Crippen LogP contribution in [0.15, 0.2) is 97.1 Å². The van der Waals surface area contributed by atoms with Gasteiger partial charge in [0.1, 0.15) is 24.2 Å². The molecule has 0 bridgehead atoms. The molecule has 2 aliphatic rings. The fourth-order valence-corrected chi connectivity index (χ4v) is 6.38. The molecule has 7 nitrogen and oxygen atoms in total. The number of carbonyl (C=O) groups is 1. The Kier molecular flexibility index (Phi) is 11.9. The van der Waals surface area contributed by atoms with Crippen LogP contribution < -0.4 is 9.47 Å². The van der Waals surface area contributed by atoms with Crippen LogP contribution >= 0.6 is 0 Å². The van der Waals surface area contributed by atoms with Crippen LogP contribution in [-0.2, 0) is 33.8 Å². The molecular formula is C42H49NO6. The Bertz CT molecular complexity index is 1650. The molecular weight excluding hydrogens is 614 g/mol. The van der Waals surface area contributed by atoms with E-state index in [1.165, 1.54) is 11.1 Å². The Morgan fingerprint density at radius 3 is 2.45 bits per heavy atom. The molecule has 7 heteroatoms. The van der Waals surface area contributed by atoms with Crippen LogP contribution in [0.4, 0.5) is 4.79 Å². The summed E-state index contributed by atoms with van der Waals surface area (Å²) in [5, 5.41) is 0. The minimum atomic E-state index is -0.625. The summed E-state index contributed by atoms with van der Waals surface area (Å²) in [5.74, 6) is 1.11. The van der Waals surface area contributed by atoms with E-state index in [1.807, 2.05) is 67.3 Å². The Balaban J connectivity index is 0.826. The van der Waals surface area contributed by atoms with E-state index in [-0.39, 0.29) is 12.2 Å². The van der Waals surface area contributed by atoms with Gasteiger partial charge in [-0.2, -0.15) is 0 Å². The second kappa shape index (κ2) is 16.9. The van der Waals surface area contributed by atoms with Crippen LogP contribution in [0.25, 0.3) is 11.1 Å². The first kappa shape index (κ1) is 34.5. The monoisotopic (exact) mass is 663 g/mol. The Morgan fingerprint density at radius 2 is 1.57 bits per heavy atom. The summed E-state index contributed by atoms with van der Waals surface area (Å²) in [4.78, 5) is 14.3. The highest BCUT2D eigenvalue weighted by Gasteiger charge is 2.33. The molecule has 0 radical (unpaired) electrons. The maximum absolute atomic E-state index is 12.5. The summed E-state index contributed by atoms with van der Waals surface area (Å²) >= 11 is 0. The van der Waals surface area contributed by atoms with Crippen molar-refractivity contribution in [1.29, 1.82) is 0 Å². The number of ether oxygens (including phenoxy) is 5. The number of rotatable bonds is 17. The Morgan fingerprint density at radius 1 is 0.796 bits per heavy atom. The number of para-hydroxylation sites is 1. The lowest BCUT2D eigenvalue weighted by Crippen LogP contribution is -2.35. The van der Waals surface area contributed by atoms with Crippen LogP contribution in [0.5, 0.6) is 11.5 Å². The normalized spacial score (nSPS) is 16.6. The second-order valence-electron chi connectivity index (χ2n) is 13.4. The summed E-state index contributed by atoms with van der Waals surface area (Å²) in [7, 11) is 0. The molecule has 0 aliphatic carbocycles. The van der Waals surface area contributed by atoms with Crippen molar-refractivity contribution in [3.63, 3.8) is 0 Å². The van der Waals surface area contributed by atoms with E-state index in [0.29, 0.717) is 19.8 Å². The Hall–Kier alpha value is -4.33. The number of amides is 1. The number of aryl methyl sites for hydroxylation is 1. The largest absolute Gasteiger partial charge is 0.488 e. The first-order chi connectivity index (χ1) is 23.9. The molecule has 0 unspecified atom stereocenters. The summed E-state index contributed by atoms with van der Waals surface area (Å²) < 4.78 is 29.5. The lowest BCUT2D eigenvalue weighted by atomic mass is 10.00. The number of hydrogen-bond donors (Lipinski definition) is 0. The Labute approximate surface area is 291 Å². The summed E-state index contributed by atoms with van der Waals surface area (Å²) in [5.41, 5.74) is 6.77. The second-order valence-corrected chi connectivity index (χ2v) is 13.4. The third kappa shape index (κ3) is 9.87. The smallest absolute Gasteiger partial charge is 0.410 e. The predicted octanol–water partition coefficient (Wildman–Crippen LogP) is 9.67. The topological polar surface area (TPSA) is 66.5 Å². The summed E-state index contributed by atoms with van der Waals surface area (Å²) in [6.45, 7) is 7.72.